The second-order valence-electron chi connectivity index (χ2n) is 4.93. The van der Waals surface area contributed by atoms with Crippen molar-refractivity contribution in [2.75, 3.05) is 19.7 Å². The molecule has 6 nitrogen and oxygen atoms in total. The molecule has 1 aromatic carbocycles. The van der Waals surface area contributed by atoms with Gasteiger partial charge in [0.15, 0.2) is 0 Å². The monoisotopic (exact) mass is 345 g/mol. The summed E-state index contributed by atoms with van der Waals surface area (Å²) in [5, 5.41) is 19.0. The highest BCUT2D eigenvalue weighted by molar-refractivity contribution is 6.32. The van der Waals surface area contributed by atoms with Crippen molar-refractivity contribution >= 4 is 23.5 Å². The molecule has 23 heavy (non-hydrogen) atoms. The van der Waals surface area contributed by atoms with Gasteiger partial charge < -0.3 is 20.3 Å². The average molecular weight is 346 g/mol. The number of halogens is 1. The third-order valence-electron chi connectivity index (χ3n) is 2.85. The minimum Gasteiger partial charge on any atom is -0.492 e. The number of ether oxygens (including phenoxy) is 1. The summed E-state index contributed by atoms with van der Waals surface area (Å²) >= 11 is 6.10. The molecular weight excluding hydrogens is 322 g/mol. The number of unbranched alkanes of at least 4 members (excludes halogenated alkanes) is 1. The van der Waals surface area contributed by atoms with Gasteiger partial charge in [-0.3, -0.25) is 0 Å². The Bertz CT molecular complexity index is 484. The molecule has 1 rings (SSSR count). The maximum absolute atomic E-state index is 9.10. The maximum atomic E-state index is 9.10. The van der Waals surface area contributed by atoms with Crippen molar-refractivity contribution in [2.24, 2.45) is 0 Å². The van der Waals surface area contributed by atoms with Gasteiger partial charge in [-0.25, -0.2) is 9.59 Å². The second kappa shape index (κ2) is 11.7. The Hall–Kier alpha value is -1.79. The number of aryl methyl sites for hydroxylation is 2. The highest BCUT2D eigenvalue weighted by Crippen LogP contribution is 2.25. The Balaban J connectivity index is 0.000000688. The summed E-state index contributed by atoms with van der Waals surface area (Å²) in [4.78, 5) is 18.2. The van der Waals surface area contributed by atoms with Gasteiger partial charge in [0.2, 0.25) is 0 Å². The fraction of sp³-hybridized carbons (Fsp3) is 0.500. The van der Waals surface area contributed by atoms with Crippen LogP contribution in [0.15, 0.2) is 12.1 Å². The van der Waals surface area contributed by atoms with Crippen molar-refractivity contribution in [1.29, 1.82) is 0 Å². The summed E-state index contributed by atoms with van der Waals surface area (Å²) in [6, 6.07) is 3.97. The third-order valence-corrected chi connectivity index (χ3v) is 3.44. The number of aliphatic carboxylic acids is 2. The molecule has 1 aromatic rings. The van der Waals surface area contributed by atoms with Crippen LogP contribution in [-0.2, 0) is 9.59 Å². The van der Waals surface area contributed by atoms with Gasteiger partial charge in [0.25, 0.3) is 0 Å². The van der Waals surface area contributed by atoms with Crippen LogP contribution in [0.25, 0.3) is 0 Å². The zero-order valence-electron chi connectivity index (χ0n) is 13.7. The molecule has 0 amide bonds. The Kier molecular flexibility index (Phi) is 10.8. The van der Waals surface area contributed by atoms with Crippen LogP contribution in [0.5, 0.6) is 5.75 Å². The lowest BCUT2D eigenvalue weighted by Crippen LogP contribution is -2.22. The van der Waals surface area contributed by atoms with E-state index in [9.17, 15) is 0 Å². The topological polar surface area (TPSA) is 95.9 Å². The van der Waals surface area contributed by atoms with Gasteiger partial charge >= 0.3 is 11.9 Å². The smallest absolute Gasteiger partial charge is 0.414 e. The van der Waals surface area contributed by atoms with E-state index >= 15 is 0 Å². The molecule has 7 heteroatoms. The highest BCUT2D eigenvalue weighted by atomic mass is 35.5. The molecule has 0 bridgehead atoms. The van der Waals surface area contributed by atoms with E-state index in [2.05, 4.69) is 12.2 Å². The molecule has 0 fully saturated rings. The van der Waals surface area contributed by atoms with Crippen molar-refractivity contribution < 1.29 is 24.5 Å². The largest absolute Gasteiger partial charge is 0.492 e. The molecule has 0 heterocycles. The number of carboxylic acid groups (broad SMARTS) is 2. The maximum Gasteiger partial charge on any atom is 0.414 e. The first-order valence-corrected chi connectivity index (χ1v) is 7.73. The molecule has 0 saturated heterocycles. The molecular formula is C16H24ClNO5. The first kappa shape index (κ1) is 21.2. The van der Waals surface area contributed by atoms with Crippen molar-refractivity contribution in [3.05, 3.63) is 28.3 Å². The Morgan fingerprint density at radius 3 is 2.09 bits per heavy atom. The number of hydrogen-bond acceptors (Lipinski definition) is 4. The molecule has 0 aromatic heterocycles. The number of benzene rings is 1. The third kappa shape index (κ3) is 9.76. The van der Waals surface area contributed by atoms with E-state index in [1.54, 1.807) is 0 Å². The quantitative estimate of drug-likeness (QED) is 0.519. The van der Waals surface area contributed by atoms with Crippen LogP contribution in [0.4, 0.5) is 0 Å². The van der Waals surface area contributed by atoms with Gasteiger partial charge in [-0.15, -0.1) is 0 Å². The van der Waals surface area contributed by atoms with E-state index in [0.717, 1.165) is 35.0 Å². The SMILES string of the molecule is CCCCNCCOc1cc(C)c(Cl)c(C)c1.O=C(O)C(=O)O. The first-order chi connectivity index (χ1) is 10.8. The molecule has 0 aliphatic rings. The van der Waals surface area contributed by atoms with E-state index in [1.165, 1.54) is 12.8 Å². The summed E-state index contributed by atoms with van der Waals surface area (Å²) in [5.74, 6) is -2.74. The van der Waals surface area contributed by atoms with Crippen LogP contribution in [0.2, 0.25) is 5.02 Å². The molecule has 0 saturated carbocycles. The lowest BCUT2D eigenvalue weighted by atomic mass is 10.1. The van der Waals surface area contributed by atoms with Crippen molar-refractivity contribution in [3.8, 4) is 5.75 Å². The van der Waals surface area contributed by atoms with Gasteiger partial charge in [-0.05, 0) is 50.1 Å². The number of rotatable bonds is 7. The summed E-state index contributed by atoms with van der Waals surface area (Å²) in [7, 11) is 0. The minimum absolute atomic E-state index is 0.699. The van der Waals surface area contributed by atoms with Crippen LogP contribution in [0.1, 0.15) is 30.9 Å². The summed E-state index contributed by atoms with van der Waals surface area (Å²) in [6.45, 7) is 8.85. The molecule has 3 N–H and O–H groups in total. The number of carbonyl (C=O) groups is 2. The zero-order valence-corrected chi connectivity index (χ0v) is 14.4. The van der Waals surface area contributed by atoms with Crippen LogP contribution < -0.4 is 10.1 Å². The molecule has 0 aliphatic heterocycles. The number of nitrogens with one attached hydrogen (secondary N) is 1. The van der Waals surface area contributed by atoms with Crippen molar-refractivity contribution in [1.82, 2.24) is 5.32 Å². The van der Waals surface area contributed by atoms with Gasteiger partial charge in [-0.2, -0.15) is 0 Å². The van der Waals surface area contributed by atoms with Gasteiger partial charge in [0, 0.05) is 11.6 Å². The first-order valence-electron chi connectivity index (χ1n) is 7.36. The lowest BCUT2D eigenvalue weighted by molar-refractivity contribution is -0.159. The van der Waals surface area contributed by atoms with Crippen LogP contribution in [0, 0.1) is 13.8 Å². The van der Waals surface area contributed by atoms with Crippen LogP contribution >= 0.6 is 11.6 Å². The summed E-state index contributed by atoms with van der Waals surface area (Å²) in [5.41, 5.74) is 2.14. The molecule has 0 spiro atoms. The van der Waals surface area contributed by atoms with E-state index in [4.69, 9.17) is 36.1 Å². The van der Waals surface area contributed by atoms with Crippen LogP contribution in [-0.4, -0.2) is 41.8 Å². The summed E-state index contributed by atoms with van der Waals surface area (Å²) in [6.07, 6.45) is 2.45. The summed E-state index contributed by atoms with van der Waals surface area (Å²) < 4.78 is 5.68. The minimum atomic E-state index is -1.82. The van der Waals surface area contributed by atoms with E-state index in [1.807, 2.05) is 26.0 Å². The Morgan fingerprint density at radius 1 is 1.13 bits per heavy atom. The number of hydrogen-bond donors (Lipinski definition) is 3. The normalized spacial score (nSPS) is 9.74. The van der Waals surface area contributed by atoms with Crippen LogP contribution in [0.3, 0.4) is 0 Å². The van der Waals surface area contributed by atoms with Gasteiger partial charge in [-0.1, -0.05) is 24.9 Å². The standard InChI is InChI=1S/C14H22ClNO.C2H2O4/c1-4-5-6-16-7-8-17-13-9-11(2)14(15)12(3)10-13;3-1(4)2(5)6/h9-10,16H,4-8H2,1-3H3;(H,3,4)(H,5,6). The van der Waals surface area contributed by atoms with Gasteiger partial charge in [0.05, 0.1) is 0 Å². The number of carboxylic acids is 2. The van der Waals surface area contributed by atoms with E-state index < -0.39 is 11.9 Å². The molecule has 0 aliphatic carbocycles. The molecule has 0 unspecified atom stereocenters. The average Bonchev–Trinajstić information content (AvgIpc) is 2.48. The fourth-order valence-corrected chi connectivity index (χ4v) is 1.77. The molecule has 0 radical (unpaired) electrons. The lowest BCUT2D eigenvalue weighted by Gasteiger charge is -2.10. The van der Waals surface area contributed by atoms with E-state index in [-0.39, 0.29) is 0 Å². The highest BCUT2D eigenvalue weighted by Gasteiger charge is 2.04. The van der Waals surface area contributed by atoms with E-state index in [0.29, 0.717) is 6.61 Å². The Morgan fingerprint density at radius 2 is 1.65 bits per heavy atom. The van der Waals surface area contributed by atoms with Gasteiger partial charge in [0.1, 0.15) is 12.4 Å². The molecule has 0 atom stereocenters. The van der Waals surface area contributed by atoms with Crippen molar-refractivity contribution in [2.45, 2.75) is 33.6 Å². The predicted molar refractivity (Wildman–Crippen MR) is 89.5 cm³/mol. The molecule has 130 valence electrons. The predicted octanol–water partition coefficient (Wildman–Crippen LogP) is 2.88. The van der Waals surface area contributed by atoms with Crippen molar-refractivity contribution in [3.63, 3.8) is 0 Å². The zero-order chi connectivity index (χ0) is 17.8. The second-order valence-corrected chi connectivity index (χ2v) is 5.31. The fourth-order valence-electron chi connectivity index (χ4n) is 1.66. The Labute approximate surface area is 141 Å².